The Hall–Kier alpha value is -0.0800. The second-order valence-corrected chi connectivity index (χ2v) is 5.58. The van der Waals surface area contributed by atoms with Crippen LogP contribution in [0.4, 0.5) is 4.39 Å². The summed E-state index contributed by atoms with van der Waals surface area (Å²) in [6.45, 7) is 1.84. The molecule has 1 aliphatic carbocycles. The third-order valence-electron chi connectivity index (χ3n) is 3.08. The van der Waals surface area contributed by atoms with E-state index in [1.165, 1.54) is 12.5 Å². The molecular formula is C12H13BrClF. The Morgan fingerprint density at radius 2 is 2.20 bits per heavy atom. The smallest absolute Gasteiger partial charge is 0.127 e. The summed E-state index contributed by atoms with van der Waals surface area (Å²) in [7, 11) is 0. The molecule has 0 amide bonds. The van der Waals surface area contributed by atoms with Crippen LogP contribution < -0.4 is 0 Å². The van der Waals surface area contributed by atoms with Crippen LogP contribution >= 0.6 is 27.5 Å². The lowest BCUT2D eigenvalue weighted by Crippen LogP contribution is -2.01. The Morgan fingerprint density at radius 3 is 2.93 bits per heavy atom. The molecule has 0 N–H and O–H groups in total. The van der Waals surface area contributed by atoms with Crippen LogP contribution in [-0.2, 0) is 6.42 Å². The van der Waals surface area contributed by atoms with Crippen molar-refractivity contribution in [3.8, 4) is 0 Å². The van der Waals surface area contributed by atoms with Crippen LogP contribution in [0.1, 0.15) is 40.8 Å². The van der Waals surface area contributed by atoms with E-state index in [4.69, 9.17) is 11.6 Å². The lowest BCUT2D eigenvalue weighted by Gasteiger charge is -2.16. The average molecular weight is 292 g/mol. The normalized spacial score (nSPS) is 20.9. The molecule has 0 saturated carbocycles. The fourth-order valence-electron chi connectivity index (χ4n) is 2.24. The largest absolute Gasteiger partial charge is 0.207 e. The first kappa shape index (κ1) is 11.4. The molecule has 1 aliphatic rings. The number of alkyl halides is 1. The predicted octanol–water partition coefficient (Wildman–Crippen LogP) is 4.95. The first-order valence-electron chi connectivity index (χ1n) is 5.22. The van der Waals surface area contributed by atoms with E-state index in [0.717, 1.165) is 36.0 Å². The maximum Gasteiger partial charge on any atom is 0.127 e. The minimum absolute atomic E-state index is 0.190. The quantitative estimate of drug-likeness (QED) is 0.468. The Balaban J connectivity index is 2.63. The van der Waals surface area contributed by atoms with Gasteiger partial charge in [-0.05, 0) is 48.9 Å². The van der Waals surface area contributed by atoms with Crippen molar-refractivity contribution in [3.63, 3.8) is 0 Å². The van der Waals surface area contributed by atoms with Crippen LogP contribution in [0.15, 0.2) is 6.07 Å². The van der Waals surface area contributed by atoms with Gasteiger partial charge in [-0.1, -0.05) is 34.0 Å². The molecular weight excluding hydrogens is 278 g/mol. The second-order valence-electron chi connectivity index (χ2n) is 4.07. The van der Waals surface area contributed by atoms with E-state index in [1.807, 2.05) is 6.92 Å². The highest BCUT2D eigenvalue weighted by Crippen LogP contribution is 2.40. The first-order chi connectivity index (χ1) is 7.11. The summed E-state index contributed by atoms with van der Waals surface area (Å²) in [4.78, 5) is 0.253. The van der Waals surface area contributed by atoms with Crippen molar-refractivity contribution in [1.29, 1.82) is 0 Å². The molecule has 0 aliphatic heterocycles. The van der Waals surface area contributed by atoms with Crippen molar-refractivity contribution in [1.82, 2.24) is 0 Å². The maximum atomic E-state index is 13.6. The number of fused-ring (bicyclic) bond motifs is 1. The third-order valence-corrected chi connectivity index (χ3v) is 4.33. The fraction of sp³-hybridized carbons (Fsp3) is 0.500. The van der Waals surface area contributed by atoms with Gasteiger partial charge in [0.05, 0.1) is 0 Å². The predicted molar refractivity (Wildman–Crippen MR) is 65.4 cm³/mol. The third kappa shape index (κ3) is 2.07. The molecule has 0 fully saturated rings. The van der Waals surface area contributed by atoms with Gasteiger partial charge in [-0.2, -0.15) is 0 Å². The van der Waals surface area contributed by atoms with E-state index in [0.29, 0.717) is 5.02 Å². The van der Waals surface area contributed by atoms with Crippen LogP contribution in [0.2, 0.25) is 5.02 Å². The molecule has 1 aromatic carbocycles. The van der Waals surface area contributed by atoms with Crippen molar-refractivity contribution in [2.45, 2.75) is 37.4 Å². The minimum atomic E-state index is -0.190. The highest BCUT2D eigenvalue weighted by molar-refractivity contribution is 9.09. The van der Waals surface area contributed by atoms with Gasteiger partial charge in [-0.15, -0.1) is 0 Å². The summed E-state index contributed by atoms with van der Waals surface area (Å²) in [6.07, 6.45) is 4.34. The van der Waals surface area contributed by atoms with Crippen LogP contribution in [-0.4, -0.2) is 0 Å². The lowest BCUT2D eigenvalue weighted by molar-refractivity contribution is 0.613. The molecule has 0 nitrogen and oxygen atoms in total. The summed E-state index contributed by atoms with van der Waals surface area (Å²) in [6, 6.07) is 1.45. The molecule has 1 atom stereocenters. The second kappa shape index (κ2) is 4.42. The zero-order valence-corrected chi connectivity index (χ0v) is 11.0. The summed E-state index contributed by atoms with van der Waals surface area (Å²) >= 11 is 9.73. The zero-order chi connectivity index (χ0) is 11.0. The van der Waals surface area contributed by atoms with Gasteiger partial charge in [0.25, 0.3) is 0 Å². The fourth-order valence-corrected chi connectivity index (χ4v) is 3.47. The van der Waals surface area contributed by atoms with E-state index in [-0.39, 0.29) is 10.6 Å². The lowest BCUT2D eigenvalue weighted by atomic mass is 9.97. The number of halogens is 3. The summed E-state index contributed by atoms with van der Waals surface area (Å²) in [5, 5.41) is 0.583. The van der Waals surface area contributed by atoms with Gasteiger partial charge in [0.15, 0.2) is 0 Å². The van der Waals surface area contributed by atoms with Crippen LogP contribution in [0.25, 0.3) is 0 Å². The highest BCUT2D eigenvalue weighted by Gasteiger charge is 2.22. The summed E-state index contributed by atoms with van der Waals surface area (Å²) in [5.74, 6) is -0.190. The summed E-state index contributed by atoms with van der Waals surface area (Å²) < 4.78 is 13.6. The van der Waals surface area contributed by atoms with Crippen molar-refractivity contribution in [3.05, 3.63) is 33.6 Å². The molecule has 0 bridgehead atoms. The van der Waals surface area contributed by atoms with Crippen molar-refractivity contribution < 1.29 is 4.39 Å². The topological polar surface area (TPSA) is 0 Å². The number of benzene rings is 1. The number of rotatable bonds is 0. The maximum absolute atomic E-state index is 13.6. The molecule has 1 unspecified atom stereocenters. The Kier molecular flexibility index (Phi) is 3.36. The molecule has 0 heterocycles. The van der Waals surface area contributed by atoms with Gasteiger partial charge in [-0.25, -0.2) is 4.39 Å². The average Bonchev–Trinajstić information content (AvgIpc) is 2.37. The van der Waals surface area contributed by atoms with Crippen molar-refractivity contribution in [2.75, 3.05) is 0 Å². The Morgan fingerprint density at radius 1 is 1.47 bits per heavy atom. The molecule has 2 rings (SSSR count). The van der Waals surface area contributed by atoms with Crippen LogP contribution in [0, 0.1) is 12.7 Å². The van der Waals surface area contributed by atoms with Gasteiger partial charge in [0.1, 0.15) is 5.82 Å². The molecule has 1 aromatic rings. The monoisotopic (exact) mass is 290 g/mol. The van der Waals surface area contributed by atoms with Gasteiger partial charge in [-0.3, -0.25) is 0 Å². The van der Waals surface area contributed by atoms with Crippen LogP contribution in [0.5, 0.6) is 0 Å². The van der Waals surface area contributed by atoms with Gasteiger partial charge in [0, 0.05) is 9.85 Å². The van der Waals surface area contributed by atoms with Crippen molar-refractivity contribution >= 4 is 27.5 Å². The summed E-state index contributed by atoms with van der Waals surface area (Å²) in [5.41, 5.74) is 2.96. The van der Waals surface area contributed by atoms with Gasteiger partial charge in [0.2, 0.25) is 0 Å². The minimum Gasteiger partial charge on any atom is -0.207 e. The molecule has 0 saturated heterocycles. The van der Waals surface area contributed by atoms with E-state index in [1.54, 1.807) is 0 Å². The molecule has 0 spiro atoms. The zero-order valence-electron chi connectivity index (χ0n) is 8.62. The molecule has 0 aromatic heterocycles. The van der Waals surface area contributed by atoms with Crippen molar-refractivity contribution in [2.24, 2.45) is 0 Å². The Bertz CT molecular complexity index is 390. The highest BCUT2D eigenvalue weighted by atomic mass is 79.9. The van der Waals surface area contributed by atoms with E-state index in [2.05, 4.69) is 15.9 Å². The van der Waals surface area contributed by atoms with E-state index in [9.17, 15) is 4.39 Å². The molecule has 82 valence electrons. The molecule has 15 heavy (non-hydrogen) atoms. The number of hydrogen-bond donors (Lipinski definition) is 0. The van der Waals surface area contributed by atoms with E-state index < -0.39 is 0 Å². The Labute approximate surface area is 103 Å². The SMILES string of the molecule is Cc1c(F)cc(Cl)c2c1C(Br)CCCC2. The van der Waals surface area contributed by atoms with Gasteiger partial charge >= 0.3 is 0 Å². The van der Waals surface area contributed by atoms with Gasteiger partial charge < -0.3 is 0 Å². The molecule has 0 radical (unpaired) electrons. The first-order valence-corrected chi connectivity index (χ1v) is 6.52. The standard InChI is InChI=1S/C12H13BrClF/c1-7-11(15)6-10(14)8-4-2-3-5-9(13)12(7)8/h6,9H,2-5H2,1H3. The number of hydrogen-bond acceptors (Lipinski definition) is 0. The van der Waals surface area contributed by atoms with E-state index >= 15 is 0 Å². The molecule has 3 heteroatoms. The van der Waals surface area contributed by atoms with Crippen LogP contribution in [0.3, 0.4) is 0 Å².